The van der Waals surface area contributed by atoms with Crippen molar-refractivity contribution in [1.29, 1.82) is 0 Å². The first-order chi connectivity index (χ1) is 11.4. The predicted molar refractivity (Wildman–Crippen MR) is 82.7 cm³/mol. The van der Waals surface area contributed by atoms with Crippen LogP contribution in [-0.2, 0) is 15.2 Å². The van der Waals surface area contributed by atoms with Crippen molar-refractivity contribution < 1.29 is 31.2 Å². The van der Waals surface area contributed by atoms with Crippen molar-refractivity contribution in [2.75, 3.05) is 0 Å². The third-order valence-corrected chi connectivity index (χ3v) is 4.52. The van der Waals surface area contributed by atoms with Crippen LogP contribution >= 0.6 is 22.3 Å². The Morgan fingerprint density at radius 2 is 1.76 bits per heavy atom. The van der Waals surface area contributed by atoms with E-state index in [0.717, 1.165) is 24.3 Å². The Bertz CT molecular complexity index is 947. The summed E-state index contributed by atoms with van der Waals surface area (Å²) in [7, 11) is 0.685. The first-order valence-corrected chi connectivity index (χ1v) is 8.86. The standard InChI is InChI=1S/C13H6Cl2F3NO5S/c14-9-5-7(13(16,17)18)1-4-11(9)24-8-2-3-10(19(20)21)12(6-8)25(15,22)23/h1-6H. The van der Waals surface area contributed by atoms with Crippen LogP contribution in [0.25, 0.3) is 0 Å². The highest BCUT2D eigenvalue weighted by Gasteiger charge is 2.31. The Kier molecular flexibility index (Phi) is 5.17. The summed E-state index contributed by atoms with van der Waals surface area (Å²) >= 11 is 5.72. The van der Waals surface area contributed by atoms with Gasteiger partial charge < -0.3 is 4.74 Å². The van der Waals surface area contributed by atoms with Crippen LogP contribution in [0.2, 0.25) is 5.02 Å². The van der Waals surface area contributed by atoms with Crippen LogP contribution in [0, 0.1) is 10.1 Å². The molecule has 6 nitrogen and oxygen atoms in total. The normalized spacial score (nSPS) is 12.0. The van der Waals surface area contributed by atoms with E-state index in [-0.39, 0.29) is 16.5 Å². The highest BCUT2D eigenvalue weighted by molar-refractivity contribution is 8.13. The number of halogens is 5. The minimum Gasteiger partial charge on any atom is -0.456 e. The zero-order valence-corrected chi connectivity index (χ0v) is 14.1. The molecule has 0 radical (unpaired) electrons. The second kappa shape index (κ2) is 6.70. The van der Waals surface area contributed by atoms with Gasteiger partial charge >= 0.3 is 6.18 Å². The second-order valence-corrected chi connectivity index (χ2v) is 7.51. The Labute approximate surface area is 148 Å². The molecule has 0 aliphatic heterocycles. The maximum absolute atomic E-state index is 12.6. The van der Waals surface area contributed by atoms with Gasteiger partial charge in [0.15, 0.2) is 4.90 Å². The van der Waals surface area contributed by atoms with Crippen molar-refractivity contribution in [3.8, 4) is 11.5 Å². The third kappa shape index (κ3) is 4.53. The van der Waals surface area contributed by atoms with Crippen LogP contribution in [0.1, 0.15) is 5.56 Å². The number of hydrogen-bond donors (Lipinski definition) is 0. The molecule has 0 aliphatic carbocycles. The topological polar surface area (TPSA) is 86.5 Å². The van der Waals surface area contributed by atoms with E-state index in [0.29, 0.717) is 12.1 Å². The number of rotatable bonds is 4. The summed E-state index contributed by atoms with van der Waals surface area (Å²) in [6, 6.07) is 4.93. The van der Waals surface area contributed by atoms with Crippen LogP contribution in [0.3, 0.4) is 0 Å². The van der Waals surface area contributed by atoms with Gasteiger partial charge in [0.25, 0.3) is 14.7 Å². The number of nitro groups is 1. The number of nitrogens with zero attached hydrogens (tertiary/aromatic N) is 1. The second-order valence-electron chi connectivity index (χ2n) is 4.57. The first-order valence-electron chi connectivity index (χ1n) is 6.17. The van der Waals surface area contributed by atoms with Gasteiger partial charge in [-0.25, -0.2) is 8.42 Å². The van der Waals surface area contributed by atoms with Crippen molar-refractivity contribution in [1.82, 2.24) is 0 Å². The summed E-state index contributed by atoms with van der Waals surface area (Å²) in [6.45, 7) is 0. The highest BCUT2D eigenvalue weighted by atomic mass is 35.7. The van der Waals surface area contributed by atoms with Crippen LogP contribution in [0.5, 0.6) is 11.5 Å². The van der Waals surface area contributed by atoms with Gasteiger partial charge in [-0.2, -0.15) is 13.2 Å². The zero-order chi connectivity index (χ0) is 19.0. The fourth-order valence-corrected chi connectivity index (χ4v) is 3.03. The van der Waals surface area contributed by atoms with Crippen molar-refractivity contribution in [2.24, 2.45) is 0 Å². The molecule has 0 spiro atoms. The molecule has 0 atom stereocenters. The third-order valence-electron chi connectivity index (χ3n) is 2.88. The van der Waals surface area contributed by atoms with Gasteiger partial charge in [0.1, 0.15) is 11.5 Å². The lowest BCUT2D eigenvalue weighted by atomic mass is 10.2. The molecule has 0 amide bonds. The van der Waals surface area contributed by atoms with E-state index in [9.17, 15) is 31.7 Å². The molecular weight excluding hydrogens is 410 g/mol. The van der Waals surface area contributed by atoms with Gasteiger partial charge in [0.2, 0.25) is 0 Å². The molecule has 2 aromatic rings. The van der Waals surface area contributed by atoms with Gasteiger partial charge in [-0.1, -0.05) is 11.6 Å². The number of benzene rings is 2. The summed E-state index contributed by atoms with van der Waals surface area (Å²) < 4.78 is 65.8. The summed E-state index contributed by atoms with van der Waals surface area (Å²) in [5.41, 5.74) is -1.78. The molecule has 0 aliphatic rings. The summed E-state index contributed by atoms with van der Waals surface area (Å²) in [5, 5.41) is 10.5. The van der Waals surface area contributed by atoms with Crippen molar-refractivity contribution >= 4 is 37.0 Å². The van der Waals surface area contributed by atoms with Crippen molar-refractivity contribution in [2.45, 2.75) is 11.1 Å². The summed E-state index contributed by atoms with van der Waals surface area (Å²) in [5.74, 6) is -0.423. The molecule has 2 rings (SSSR count). The average Bonchev–Trinajstić information content (AvgIpc) is 2.47. The zero-order valence-electron chi connectivity index (χ0n) is 11.8. The number of alkyl halides is 3. The number of hydrogen-bond acceptors (Lipinski definition) is 5. The molecule has 0 unspecified atom stereocenters. The van der Waals surface area contributed by atoms with E-state index in [2.05, 4.69) is 0 Å². The lowest BCUT2D eigenvalue weighted by Crippen LogP contribution is -2.04. The van der Waals surface area contributed by atoms with Crippen LogP contribution < -0.4 is 4.74 Å². The molecule has 2 aromatic carbocycles. The molecule has 0 heterocycles. The maximum atomic E-state index is 12.6. The lowest BCUT2D eigenvalue weighted by molar-refractivity contribution is -0.387. The van der Waals surface area contributed by atoms with Gasteiger partial charge in [0.05, 0.1) is 15.5 Å². The lowest BCUT2D eigenvalue weighted by Gasteiger charge is -2.11. The molecule has 0 bridgehead atoms. The summed E-state index contributed by atoms with van der Waals surface area (Å²) in [6.07, 6.45) is -4.60. The summed E-state index contributed by atoms with van der Waals surface area (Å²) in [4.78, 5) is 9.06. The minimum absolute atomic E-state index is 0.207. The minimum atomic E-state index is -4.60. The molecule has 0 aromatic heterocycles. The van der Waals surface area contributed by atoms with Gasteiger partial charge in [-0.15, -0.1) is 0 Å². The fourth-order valence-electron chi connectivity index (χ4n) is 1.79. The van der Waals surface area contributed by atoms with Crippen molar-refractivity contribution in [3.05, 3.63) is 57.1 Å². The van der Waals surface area contributed by atoms with Crippen LogP contribution in [0.15, 0.2) is 41.3 Å². The molecule has 0 saturated carbocycles. The van der Waals surface area contributed by atoms with Gasteiger partial charge in [0, 0.05) is 22.8 Å². The molecule has 12 heteroatoms. The molecule has 0 N–H and O–H groups in total. The average molecular weight is 416 g/mol. The molecular formula is C13H6Cl2F3NO5S. The number of ether oxygens (including phenoxy) is 1. The molecule has 134 valence electrons. The maximum Gasteiger partial charge on any atom is 0.416 e. The van der Waals surface area contributed by atoms with Crippen LogP contribution in [-0.4, -0.2) is 13.3 Å². The van der Waals surface area contributed by atoms with E-state index in [1.54, 1.807) is 0 Å². The predicted octanol–water partition coefficient (Wildman–Crippen LogP) is 4.99. The van der Waals surface area contributed by atoms with Crippen LogP contribution in [0.4, 0.5) is 18.9 Å². The quantitative estimate of drug-likeness (QED) is 0.398. The van der Waals surface area contributed by atoms with E-state index in [1.165, 1.54) is 0 Å². The molecule has 0 fully saturated rings. The Morgan fingerprint density at radius 3 is 2.24 bits per heavy atom. The Balaban J connectivity index is 2.43. The molecule has 25 heavy (non-hydrogen) atoms. The van der Waals surface area contributed by atoms with E-state index < -0.39 is 36.3 Å². The van der Waals surface area contributed by atoms with E-state index in [4.69, 9.17) is 27.0 Å². The van der Waals surface area contributed by atoms with Crippen molar-refractivity contribution in [3.63, 3.8) is 0 Å². The first kappa shape index (κ1) is 19.3. The smallest absolute Gasteiger partial charge is 0.416 e. The van der Waals surface area contributed by atoms with E-state index >= 15 is 0 Å². The monoisotopic (exact) mass is 415 g/mol. The van der Waals surface area contributed by atoms with Gasteiger partial charge in [-0.05, 0) is 24.3 Å². The molecule has 0 saturated heterocycles. The SMILES string of the molecule is O=[N+]([O-])c1ccc(Oc2ccc(C(F)(F)F)cc2Cl)cc1S(=O)(=O)Cl. The van der Waals surface area contributed by atoms with E-state index in [1.807, 2.05) is 0 Å². The highest BCUT2D eigenvalue weighted by Crippen LogP contribution is 2.38. The van der Waals surface area contributed by atoms with Gasteiger partial charge in [-0.3, -0.25) is 10.1 Å². The Morgan fingerprint density at radius 1 is 1.12 bits per heavy atom. The largest absolute Gasteiger partial charge is 0.456 e. The fraction of sp³-hybridized carbons (Fsp3) is 0.0769. The number of nitro benzene ring substituents is 1. The Hall–Kier alpha value is -2.04.